The van der Waals surface area contributed by atoms with Gasteiger partial charge in [-0.1, -0.05) is 31.4 Å². The van der Waals surface area contributed by atoms with E-state index in [1.807, 2.05) is 48.5 Å². The van der Waals surface area contributed by atoms with Gasteiger partial charge in [-0.05, 0) is 49.2 Å². The van der Waals surface area contributed by atoms with E-state index >= 15 is 0 Å². The number of carbonyl (C=O) groups is 1. The largest absolute Gasteiger partial charge is 0.497 e. The van der Waals surface area contributed by atoms with E-state index in [9.17, 15) is 4.79 Å². The zero-order valence-electron chi connectivity index (χ0n) is 22.5. The number of hydrogen-bond donors (Lipinski definition) is 3. The lowest BCUT2D eigenvalue weighted by Crippen LogP contribution is -2.24. The molecule has 7 rings (SSSR count). The lowest BCUT2D eigenvalue weighted by atomic mass is 9.88. The molecule has 0 radical (unpaired) electrons. The Morgan fingerprint density at radius 1 is 0.927 bits per heavy atom. The quantitative estimate of drug-likeness (QED) is 0.229. The van der Waals surface area contributed by atoms with E-state index in [2.05, 4.69) is 30.5 Å². The molecule has 1 saturated carbocycles. The number of benzene rings is 1. The first-order valence-corrected chi connectivity index (χ1v) is 13.8. The molecule has 10 heteroatoms. The minimum Gasteiger partial charge on any atom is -0.497 e. The van der Waals surface area contributed by atoms with Crippen molar-refractivity contribution >= 4 is 33.7 Å². The van der Waals surface area contributed by atoms with Gasteiger partial charge < -0.3 is 15.0 Å². The normalized spacial score (nSPS) is 14.0. The van der Waals surface area contributed by atoms with Gasteiger partial charge in [0.1, 0.15) is 16.8 Å². The average molecular weight is 545 g/mol. The Morgan fingerprint density at radius 3 is 2.68 bits per heavy atom. The first-order chi connectivity index (χ1) is 20.2. The SMILES string of the molecule is COc1cccc(-c2nccc3[nH]c(-c4n[nH]c5ccc(-c6cncc(NC(=O)C7CCCCC7)c6)nc45)nc23)c1. The van der Waals surface area contributed by atoms with Gasteiger partial charge >= 0.3 is 0 Å². The van der Waals surface area contributed by atoms with Crippen LogP contribution in [0, 0.1) is 5.92 Å². The minimum absolute atomic E-state index is 0.0665. The zero-order valence-corrected chi connectivity index (χ0v) is 22.5. The summed E-state index contributed by atoms with van der Waals surface area (Å²) in [7, 11) is 1.64. The Bertz CT molecular complexity index is 1890. The molecule has 6 aromatic rings. The molecular weight excluding hydrogens is 516 g/mol. The van der Waals surface area contributed by atoms with Gasteiger partial charge in [0.25, 0.3) is 0 Å². The predicted molar refractivity (Wildman–Crippen MR) is 157 cm³/mol. The highest BCUT2D eigenvalue weighted by molar-refractivity contribution is 5.96. The zero-order chi connectivity index (χ0) is 27.8. The number of carbonyl (C=O) groups excluding carboxylic acids is 1. The van der Waals surface area contributed by atoms with Crippen LogP contribution in [-0.2, 0) is 4.79 Å². The number of methoxy groups -OCH3 is 1. The number of nitrogens with zero attached hydrogens (tertiary/aromatic N) is 5. The molecule has 0 atom stereocenters. The summed E-state index contributed by atoms with van der Waals surface area (Å²) in [6.45, 7) is 0. The maximum absolute atomic E-state index is 12.8. The van der Waals surface area contributed by atoms with Crippen LogP contribution in [0.5, 0.6) is 5.75 Å². The van der Waals surface area contributed by atoms with Gasteiger partial charge in [0, 0.05) is 29.4 Å². The molecule has 0 saturated heterocycles. The van der Waals surface area contributed by atoms with Gasteiger partial charge in [-0.15, -0.1) is 0 Å². The van der Waals surface area contributed by atoms with Crippen molar-refractivity contribution in [2.24, 2.45) is 5.92 Å². The Kier molecular flexibility index (Phi) is 6.35. The molecule has 5 aromatic heterocycles. The van der Waals surface area contributed by atoms with E-state index in [4.69, 9.17) is 14.7 Å². The Labute approximate surface area is 235 Å². The number of amides is 1. The monoisotopic (exact) mass is 544 g/mol. The van der Waals surface area contributed by atoms with Gasteiger partial charge in [-0.2, -0.15) is 5.10 Å². The highest BCUT2D eigenvalue weighted by Crippen LogP contribution is 2.32. The Hall–Kier alpha value is -5.12. The second kappa shape index (κ2) is 10.5. The van der Waals surface area contributed by atoms with Crippen molar-refractivity contribution in [1.29, 1.82) is 0 Å². The molecule has 0 spiro atoms. The maximum atomic E-state index is 12.8. The molecular formula is C31H28N8O2. The number of rotatable bonds is 6. The smallest absolute Gasteiger partial charge is 0.227 e. The summed E-state index contributed by atoms with van der Waals surface area (Å²) >= 11 is 0. The third kappa shape index (κ3) is 4.77. The van der Waals surface area contributed by atoms with Crippen molar-refractivity contribution in [3.63, 3.8) is 0 Å². The van der Waals surface area contributed by atoms with Crippen molar-refractivity contribution in [1.82, 2.24) is 35.1 Å². The molecule has 1 aromatic carbocycles. The summed E-state index contributed by atoms with van der Waals surface area (Å²) in [5, 5.41) is 10.7. The van der Waals surface area contributed by atoms with E-state index in [1.54, 1.807) is 25.7 Å². The van der Waals surface area contributed by atoms with Gasteiger partial charge in [0.2, 0.25) is 5.91 Å². The summed E-state index contributed by atoms with van der Waals surface area (Å²) in [4.78, 5) is 35.0. The van der Waals surface area contributed by atoms with E-state index < -0.39 is 0 Å². The van der Waals surface area contributed by atoms with Crippen molar-refractivity contribution in [3.05, 3.63) is 67.1 Å². The lowest BCUT2D eigenvalue weighted by molar-refractivity contribution is -0.120. The lowest BCUT2D eigenvalue weighted by Gasteiger charge is -2.20. The maximum Gasteiger partial charge on any atom is 0.227 e. The van der Waals surface area contributed by atoms with Crippen LogP contribution >= 0.6 is 0 Å². The van der Waals surface area contributed by atoms with Gasteiger partial charge in [-0.25, -0.2) is 9.97 Å². The average Bonchev–Trinajstić information content (AvgIpc) is 3.65. The third-order valence-corrected chi connectivity index (χ3v) is 7.65. The second-order valence-corrected chi connectivity index (χ2v) is 10.3. The second-order valence-electron chi connectivity index (χ2n) is 10.3. The van der Waals surface area contributed by atoms with Gasteiger partial charge in [-0.3, -0.25) is 19.9 Å². The molecule has 0 aliphatic heterocycles. The predicted octanol–water partition coefficient (Wildman–Crippen LogP) is 6.15. The minimum atomic E-state index is 0.0665. The van der Waals surface area contributed by atoms with Gasteiger partial charge in [0.15, 0.2) is 11.5 Å². The third-order valence-electron chi connectivity index (χ3n) is 7.65. The number of ether oxygens (including phenoxy) is 1. The van der Waals surface area contributed by atoms with E-state index in [0.29, 0.717) is 22.7 Å². The van der Waals surface area contributed by atoms with Crippen molar-refractivity contribution in [2.45, 2.75) is 32.1 Å². The number of hydrogen-bond acceptors (Lipinski definition) is 7. The molecule has 3 N–H and O–H groups in total. The number of imidazole rings is 1. The Balaban J connectivity index is 1.22. The summed E-state index contributed by atoms with van der Waals surface area (Å²) in [5.74, 6) is 1.47. The van der Waals surface area contributed by atoms with Crippen molar-refractivity contribution in [2.75, 3.05) is 12.4 Å². The summed E-state index contributed by atoms with van der Waals surface area (Å²) in [6.07, 6.45) is 10.5. The first-order valence-electron chi connectivity index (χ1n) is 13.8. The van der Waals surface area contributed by atoms with Crippen LogP contribution in [-0.4, -0.2) is 48.1 Å². The fourth-order valence-electron chi connectivity index (χ4n) is 5.51. The molecule has 10 nitrogen and oxygen atoms in total. The molecule has 1 amide bonds. The molecule has 0 bridgehead atoms. The molecule has 1 aliphatic rings. The summed E-state index contributed by atoms with van der Waals surface area (Å²) in [5.41, 5.74) is 7.47. The number of anilines is 1. The Morgan fingerprint density at radius 2 is 1.80 bits per heavy atom. The number of fused-ring (bicyclic) bond motifs is 2. The van der Waals surface area contributed by atoms with Gasteiger partial charge in [0.05, 0.1) is 41.4 Å². The van der Waals surface area contributed by atoms with Crippen LogP contribution < -0.4 is 10.1 Å². The van der Waals surface area contributed by atoms with Crippen LogP contribution in [0.4, 0.5) is 5.69 Å². The number of H-pyrrole nitrogens is 2. The van der Waals surface area contributed by atoms with Crippen LogP contribution in [0.25, 0.3) is 56.1 Å². The summed E-state index contributed by atoms with van der Waals surface area (Å²) in [6, 6.07) is 15.4. The molecule has 5 heterocycles. The number of nitrogens with one attached hydrogen (secondary N) is 3. The number of pyridine rings is 3. The number of aromatic nitrogens is 7. The van der Waals surface area contributed by atoms with E-state index in [1.165, 1.54) is 6.42 Å². The summed E-state index contributed by atoms with van der Waals surface area (Å²) < 4.78 is 5.40. The van der Waals surface area contributed by atoms with Crippen LogP contribution in [0.15, 0.2) is 67.1 Å². The first kappa shape index (κ1) is 24.9. The van der Waals surface area contributed by atoms with Crippen LogP contribution in [0.2, 0.25) is 0 Å². The fourth-order valence-corrected chi connectivity index (χ4v) is 5.51. The fraction of sp³-hybridized carbons (Fsp3) is 0.226. The highest BCUT2D eigenvalue weighted by atomic mass is 16.5. The van der Waals surface area contributed by atoms with Crippen LogP contribution in [0.1, 0.15) is 32.1 Å². The standard InChI is InChI=1S/C31H28N8O2/c1-41-22-9-5-8-19(15-22)26-27-24(12-13-33-26)36-30(37-27)29-28-25(38-39-29)11-10-23(35-28)20-14-21(17-32-16-20)34-31(40)18-6-3-2-4-7-18/h5,8-18H,2-4,6-7H2,1H3,(H,34,40)(H,36,37)(H,38,39). The molecule has 0 unspecified atom stereocenters. The highest BCUT2D eigenvalue weighted by Gasteiger charge is 2.22. The molecule has 1 aliphatic carbocycles. The van der Waals surface area contributed by atoms with Crippen LogP contribution in [0.3, 0.4) is 0 Å². The van der Waals surface area contributed by atoms with E-state index in [-0.39, 0.29) is 11.8 Å². The topological polar surface area (TPSA) is 134 Å². The van der Waals surface area contributed by atoms with Crippen molar-refractivity contribution in [3.8, 4) is 39.8 Å². The van der Waals surface area contributed by atoms with E-state index in [0.717, 1.165) is 70.5 Å². The number of aromatic amines is 2. The molecule has 204 valence electrons. The van der Waals surface area contributed by atoms with Crippen molar-refractivity contribution < 1.29 is 9.53 Å². The molecule has 1 fully saturated rings. The molecule has 41 heavy (non-hydrogen) atoms.